The highest BCUT2D eigenvalue weighted by molar-refractivity contribution is 6.21. The second-order valence-corrected chi connectivity index (χ2v) is 13.8. The summed E-state index contributed by atoms with van der Waals surface area (Å²) in [5, 5.41) is 4.96. The van der Waals surface area contributed by atoms with Gasteiger partial charge in [0.1, 0.15) is 0 Å². The van der Waals surface area contributed by atoms with Gasteiger partial charge in [-0.25, -0.2) is 4.98 Å². The molecule has 0 N–H and O–H groups in total. The van der Waals surface area contributed by atoms with Crippen LogP contribution in [0.25, 0.3) is 55.2 Å². The highest BCUT2D eigenvalue weighted by Crippen LogP contribution is 2.61. The SMILES string of the molecule is CC12CCCCC1(C)N(c1ccccc1)c1ccc(-c3cccc(-c4c5ccccc5c(-c5ccccc5)c5ccccc45)n3)cc12. The van der Waals surface area contributed by atoms with Gasteiger partial charge in [-0.15, -0.1) is 0 Å². The quantitative estimate of drug-likeness (QED) is 0.185. The fourth-order valence-electron chi connectivity index (χ4n) is 8.93. The van der Waals surface area contributed by atoms with Crippen molar-refractivity contribution in [3.8, 4) is 33.6 Å². The highest BCUT2D eigenvalue weighted by Gasteiger charge is 2.57. The normalized spacial score (nSPS) is 20.3. The molecule has 1 fully saturated rings. The second kappa shape index (κ2) is 10.7. The van der Waals surface area contributed by atoms with Gasteiger partial charge in [0.2, 0.25) is 0 Å². The maximum Gasteiger partial charge on any atom is 0.0722 e. The lowest BCUT2D eigenvalue weighted by atomic mass is 9.61. The molecular formula is C45H38N2. The molecule has 2 atom stereocenters. The van der Waals surface area contributed by atoms with Crippen molar-refractivity contribution in [3.05, 3.63) is 151 Å². The molecule has 1 aliphatic heterocycles. The van der Waals surface area contributed by atoms with Crippen LogP contribution in [-0.4, -0.2) is 10.5 Å². The van der Waals surface area contributed by atoms with E-state index in [-0.39, 0.29) is 11.0 Å². The van der Waals surface area contributed by atoms with Gasteiger partial charge in [0.05, 0.1) is 16.9 Å². The van der Waals surface area contributed by atoms with E-state index in [4.69, 9.17) is 4.98 Å². The Kier molecular flexibility index (Phi) is 6.37. The van der Waals surface area contributed by atoms with Gasteiger partial charge in [0.15, 0.2) is 0 Å². The molecule has 2 heterocycles. The van der Waals surface area contributed by atoms with Crippen molar-refractivity contribution in [2.45, 2.75) is 50.5 Å². The summed E-state index contributed by atoms with van der Waals surface area (Å²) in [5.74, 6) is 0. The van der Waals surface area contributed by atoms with E-state index in [0.717, 1.165) is 11.4 Å². The Morgan fingerprint density at radius 2 is 1.09 bits per heavy atom. The minimum absolute atomic E-state index is 0.0289. The smallest absolute Gasteiger partial charge is 0.0722 e. The molecule has 2 nitrogen and oxygen atoms in total. The van der Waals surface area contributed by atoms with Gasteiger partial charge in [0.25, 0.3) is 0 Å². The first-order valence-electron chi connectivity index (χ1n) is 17.0. The number of fused-ring (bicyclic) bond motifs is 5. The number of benzene rings is 6. The topological polar surface area (TPSA) is 16.1 Å². The molecule has 47 heavy (non-hydrogen) atoms. The van der Waals surface area contributed by atoms with Crippen LogP contribution in [0.3, 0.4) is 0 Å². The van der Waals surface area contributed by atoms with Crippen LogP contribution in [0, 0.1) is 0 Å². The molecule has 2 heteroatoms. The lowest BCUT2D eigenvalue weighted by Crippen LogP contribution is -2.54. The summed E-state index contributed by atoms with van der Waals surface area (Å²) in [5.41, 5.74) is 11.1. The van der Waals surface area contributed by atoms with Gasteiger partial charge in [-0.2, -0.15) is 0 Å². The number of nitrogens with zero attached hydrogens (tertiary/aromatic N) is 2. The van der Waals surface area contributed by atoms with E-state index in [1.807, 2.05) is 0 Å². The van der Waals surface area contributed by atoms with Crippen LogP contribution in [-0.2, 0) is 5.41 Å². The Bertz CT molecular complexity index is 2230. The zero-order valence-corrected chi connectivity index (χ0v) is 27.1. The summed E-state index contributed by atoms with van der Waals surface area (Å²) in [6.45, 7) is 5.00. The number of hydrogen-bond donors (Lipinski definition) is 0. The average molecular weight is 607 g/mol. The first-order valence-corrected chi connectivity index (χ1v) is 17.0. The Balaban J connectivity index is 1.23. The molecular weight excluding hydrogens is 569 g/mol. The van der Waals surface area contributed by atoms with Crippen LogP contribution in [0.5, 0.6) is 0 Å². The van der Waals surface area contributed by atoms with Crippen LogP contribution in [0.4, 0.5) is 11.4 Å². The van der Waals surface area contributed by atoms with Crippen LogP contribution >= 0.6 is 0 Å². The van der Waals surface area contributed by atoms with E-state index in [9.17, 15) is 0 Å². The number of para-hydroxylation sites is 1. The van der Waals surface area contributed by atoms with E-state index in [1.165, 1.54) is 86.4 Å². The molecule has 6 aromatic carbocycles. The largest absolute Gasteiger partial charge is 0.334 e. The van der Waals surface area contributed by atoms with Crippen molar-refractivity contribution in [1.29, 1.82) is 0 Å². The summed E-state index contributed by atoms with van der Waals surface area (Å²) in [6, 6.07) is 53.1. The number of hydrogen-bond acceptors (Lipinski definition) is 2. The number of pyridine rings is 1. The van der Waals surface area contributed by atoms with Crippen molar-refractivity contribution >= 4 is 32.9 Å². The van der Waals surface area contributed by atoms with E-state index in [0.29, 0.717) is 0 Å². The average Bonchev–Trinajstić information content (AvgIpc) is 3.34. The van der Waals surface area contributed by atoms with Crippen molar-refractivity contribution in [3.63, 3.8) is 0 Å². The van der Waals surface area contributed by atoms with Crippen LogP contribution < -0.4 is 4.90 Å². The minimum atomic E-state index is 0.0289. The van der Waals surface area contributed by atoms with E-state index in [2.05, 4.69) is 164 Å². The summed E-state index contributed by atoms with van der Waals surface area (Å²) in [7, 11) is 0. The Morgan fingerprint density at radius 1 is 0.511 bits per heavy atom. The number of anilines is 2. The third-order valence-corrected chi connectivity index (χ3v) is 11.4. The predicted octanol–water partition coefficient (Wildman–Crippen LogP) is 12.1. The van der Waals surface area contributed by atoms with Gasteiger partial charge < -0.3 is 4.90 Å². The van der Waals surface area contributed by atoms with Gasteiger partial charge in [-0.1, -0.05) is 129 Å². The zero-order chi connectivity index (χ0) is 31.6. The summed E-state index contributed by atoms with van der Waals surface area (Å²) < 4.78 is 0. The third-order valence-electron chi connectivity index (χ3n) is 11.4. The van der Waals surface area contributed by atoms with E-state index >= 15 is 0 Å². The van der Waals surface area contributed by atoms with Gasteiger partial charge in [0, 0.05) is 27.9 Å². The molecule has 7 aromatic rings. The molecule has 2 unspecified atom stereocenters. The number of aromatic nitrogens is 1. The van der Waals surface area contributed by atoms with Crippen molar-refractivity contribution < 1.29 is 0 Å². The molecule has 9 rings (SSSR count). The summed E-state index contributed by atoms with van der Waals surface area (Å²) in [4.78, 5) is 8.09. The monoisotopic (exact) mass is 606 g/mol. The Hall–Kier alpha value is -5.21. The van der Waals surface area contributed by atoms with Gasteiger partial charge in [-0.05, 0) is 94.4 Å². The second-order valence-electron chi connectivity index (χ2n) is 13.8. The third kappa shape index (κ3) is 4.14. The molecule has 1 aliphatic carbocycles. The molecule has 2 aliphatic rings. The molecule has 0 bridgehead atoms. The molecule has 0 spiro atoms. The predicted molar refractivity (Wildman–Crippen MR) is 198 cm³/mol. The summed E-state index contributed by atoms with van der Waals surface area (Å²) >= 11 is 0. The maximum absolute atomic E-state index is 5.45. The lowest BCUT2D eigenvalue weighted by Gasteiger charge is -2.50. The highest BCUT2D eigenvalue weighted by atomic mass is 15.3. The molecule has 0 saturated heterocycles. The molecule has 228 valence electrons. The maximum atomic E-state index is 5.45. The fourth-order valence-corrected chi connectivity index (χ4v) is 8.93. The van der Waals surface area contributed by atoms with E-state index < -0.39 is 0 Å². The first kappa shape index (κ1) is 28.0. The minimum Gasteiger partial charge on any atom is -0.334 e. The zero-order valence-electron chi connectivity index (χ0n) is 27.1. The van der Waals surface area contributed by atoms with Crippen LogP contribution in [0.15, 0.2) is 146 Å². The first-order chi connectivity index (χ1) is 23.1. The molecule has 0 amide bonds. The lowest BCUT2D eigenvalue weighted by molar-refractivity contribution is 0.195. The van der Waals surface area contributed by atoms with Gasteiger partial charge in [-0.3, -0.25) is 0 Å². The molecule has 1 aromatic heterocycles. The van der Waals surface area contributed by atoms with Crippen LogP contribution in [0.1, 0.15) is 45.1 Å². The summed E-state index contributed by atoms with van der Waals surface area (Å²) in [6.07, 6.45) is 4.92. The van der Waals surface area contributed by atoms with Gasteiger partial charge >= 0.3 is 0 Å². The van der Waals surface area contributed by atoms with E-state index in [1.54, 1.807) is 0 Å². The van der Waals surface area contributed by atoms with Crippen molar-refractivity contribution in [2.24, 2.45) is 0 Å². The standard InChI is InChI=1S/C45H38N2/c1-44-28-13-14-29-45(44,2)47(33-18-7-4-8-19-33)41-27-26-32(30-38(41)44)39-24-15-25-40(46-39)43-36-22-11-9-20-34(36)42(31-16-5-3-6-17-31)35-21-10-12-23-37(35)43/h3-12,15-27,30H,13-14,28-29H2,1-2H3. The molecule has 1 saturated carbocycles. The Labute approximate surface area is 277 Å². The Morgan fingerprint density at radius 3 is 1.77 bits per heavy atom. The van der Waals surface area contributed by atoms with Crippen molar-refractivity contribution in [1.82, 2.24) is 4.98 Å². The van der Waals surface area contributed by atoms with Crippen molar-refractivity contribution in [2.75, 3.05) is 4.90 Å². The fraction of sp³-hybridized carbons (Fsp3) is 0.178. The molecule has 0 radical (unpaired) electrons. The van der Waals surface area contributed by atoms with Crippen LogP contribution in [0.2, 0.25) is 0 Å². The number of rotatable bonds is 4.